The van der Waals surface area contributed by atoms with Gasteiger partial charge in [-0.3, -0.25) is 0 Å². The number of rotatable bonds is 4. The van der Waals surface area contributed by atoms with Gasteiger partial charge in [0.25, 0.3) is 0 Å². The lowest BCUT2D eigenvalue weighted by Gasteiger charge is -2.04. The third kappa shape index (κ3) is 3.17. The third-order valence-electron chi connectivity index (χ3n) is 4.09. The minimum atomic E-state index is -0.358. The van der Waals surface area contributed by atoms with Gasteiger partial charge >= 0.3 is 5.97 Å². The number of anilines is 1. The van der Waals surface area contributed by atoms with Crippen LogP contribution in [0.4, 0.5) is 5.95 Å². The molecular weight excluding hydrogens is 388 g/mol. The van der Waals surface area contributed by atoms with E-state index in [0.29, 0.717) is 23.0 Å². The number of ether oxygens (including phenoxy) is 1. The molecule has 25 heavy (non-hydrogen) atoms. The Morgan fingerprint density at radius 3 is 2.60 bits per heavy atom. The number of aryl methyl sites for hydroxylation is 3. The first-order valence-corrected chi connectivity index (χ1v) is 8.38. The SMILES string of the molecule is COC(=O)c1ccc(CCc2c(Br)n(C)c3nc(N)nc(O)c23)cc1. The van der Waals surface area contributed by atoms with Gasteiger partial charge < -0.3 is 20.1 Å². The highest BCUT2D eigenvalue weighted by Gasteiger charge is 2.19. The van der Waals surface area contributed by atoms with E-state index in [1.165, 1.54) is 7.11 Å². The van der Waals surface area contributed by atoms with Crippen LogP contribution in [0, 0.1) is 0 Å². The second kappa shape index (κ2) is 6.72. The minimum absolute atomic E-state index is 0.0306. The molecular formula is C17H17BrN4O3. The molecule has 8 heteroatoms. The summed E-state index contributed by atoms with van der Waals surface area (Å²) in [6, 6.07) is 7.25. The number of benzene rings is 1. The summed E-state index contributed by atoms with van der Waals surface area (Å²) >= 11 is 3.55. The second-order valence-electron chi connectivity index (χ2n) is 5.62. The molecule has 3 rings (SSSR count). The third-order valence-corrected chi connectivity index (χ3v) is 5.10. The van der Waals surface area contributed by atoms with E-state index in [1.54, 1.807) is 12.1 Å². The summed E-state index contributed by atoms with van der Waals surface area (Å²) in [6.07, 6.45) is 1.39. The normalized spacial score (nSPS) is 11.0. The predicted molar refractivity (Wildman–Crippen MR) is 97.5 cm³/mol. The highest BCUT2D eigenvalue weighted by molar-refractivity contribution is 9.10. The molecule has 0 amide bonds. The molecule has 3 aromatic rings. The lowest BCUT2D eigenvalue weighted by Crippen LogP contribution is -2.01. The quantitative estimate of drug-likeness (QED) is 0.647. The lowest BCUT2D eigenvalue weighted by atomic mass is 10.0. The molecule has 0 saturated carbocycles. The molecule has 0 saturated heterocycles. The highest BCUT2D eigenvalue weighted by Crippen LogP contribution is 2.34. The first-order chi connectivity index (χ1) is 11.9. The lowest BCUT2D eigenvalue weighted by molar-refractivity contribution is 0.0600. The van der Waals surface area contributed by atoms with Crippen molar-refractivity contribution in [2.75, 3.05) is 12.8 Å². The van der Waals surface area contributed by atoms with Gasteiger partial charge in [-0.05, 0) is 52.0 Å². The van der Waals surface area contributed by atoms with Crippen LogP contribution in [0.2, 0.25) is 0 Å². The molecule has 0 unspecified atom stereocenters. The molecule has 3 N–H and O–H groups in total. The van der Waals surface area contributed by atoms with Gasteiger partial charge in [0, 0.05) is 7.05 Å². The molecule has 0 atom stereocenters. The van der Waals surface area contributed by atoms with E-state index in [1.807, 2.05) is 23.7 Å². The van der Waals surface area contributed by atoms with Gasteiger partial charge in [-0.25, -0.2) is 4.79 Å². The van der Waals surface area contributed by atoms with Crippen LogP contribution in [-0.4, -0.2) is 32.7 Å². The van der Waals surface area contributed by atoms with Gasteiger partial charge in [-0.15, -0.1) is 0 Å². The number of esters is 1. The van der Waals surface area contributed by atoms with Crippen LogP contribution in [-0.2, 0) is 24.6 Å². The van der Waals surface area contributed by atoms with Crippen LogP contribution < -0.4 is 5.73 Å². The van der Waals surface area contributed by atoms with Crippen molar-refractivity contribution in [2.45, 2.75) is 12.8 Å². The number of hydrogen-bond acceptors (Lipinski definition) is 6. The second-order valence-corrected chi connectivity index (χ2v) is 6.37. The van der Waals surface area contributed by atoms with Gasteiger partial charge in [0.1, 0.15) is 5.65 Å². The standard InChI is InChI=1S/C17H17BrN4O3/c1-22-13(18)11(12-14(22)20-17(19)21-15(12)23)8-5-9-3-6-10(7-4-9)16(24)25-2/h3-4,6-7H,5,8H2,1-2H3,(H3,19,20,21,23). The largest absolute Gasteiger partial charge is 0.493 e. The smallest absolute Gasteiger partial charge is 0.337 e. The molecule has 0 aliphatic rings. The molecule has 0 radical (unpaired) electrons. The molecule has 0 aliphatic carbocycles. The first-order valence-electron chi connectivity index (χ1n) is 7.59. The Labute approximate surface area is 152 Å². The Balaban J connectivity index is 1.89. The average molecular weight is 405 g/mol. The number of halogens is 1. The highest BCUT2D eigenvalue weighted by atomic mass is 79.9. The maximum Gasteiger partial charge on any atom is 0.337 e. The molecule has 1 aromatic carbocycles. The van der Waals surface area contributed by atoms with Gasteiger partial charge in [0.2, 0.25) is 11.8 Å². The predicted octanol–water partition coefficient (Wildman–Crippen LogP) is 2.59. The molecule has 0 bridgehead atoms. The van der Waals surface area contributed by atoms with Gasteiger partial charge in [0.05, 0.1) is 22.7 Å². The zero-order chi connectivity index (χ0) is 18.1. The van der Waals surface area contributed by atoms with Crippen molar-refractivity contribution in [1.29, 1.82) is 0 Å². The van der Waals surface area contributed by atoms with Crippen LogP contribution in [0.25, 0.3) is 11.0 Å². The number of carbonyl (C=O) groups excluding carboxylic acids is 1. The van der Waals surface area contributed by atoms with Crippen LogP contribution >= 0.6 is 15.9 Å². The average Bonchev–Trinajstić information content (AvgIpc) is 2.84. The summed E-state index contributed by atoms with van der Waals surface area (Å²) in [6.45, 7) is 0. The number of hydrogen-bond donors (Lipinski definition) is 2. The number of nitrogens with zero attached hydrogens (tertiary/aromatic N) is 3. The van der Waals surface area contributed by atoms with Gasteiger partial charge in [-0.1, -0.05) is 12.1 Å². The fourth-order valence-corrected chi connectivity index (χ4v) is 3.35. The van der Waals surface area contributed by atoms with E-state index in [9.17, 15) is 9.90 Å². The van der Waals surface area contributed by atoms with Crippen LogP contribution in [0.3, 0.4) is 0 Å². The summed E-state index contributed by atoms with van der Waals surface area (Å²) in [5.41, 5.74) is 8.68. The molecule has 130 valence electrons. The van der Waals surface area contributed by atoms with Crippen molar-refractivity contribution in [3.8, 4) is 5.88 Å². The number of fused-ring (bicyclic) bond motifs is 1. The maximum absolute atomic E-state index is 11.5. The summed E-state index contributed by atoms with van der Waals surface area (Å²) in [7, 11) is 3.20. The van der Waals surface area contributed by atoms with Crippen molar-refractivity contribution in [2.24, 2.45) is 7.05 Å². The van der Waals surface area contributed by atoms with E-state index in [4.69, 9.17) is 10.5 Å². The zero-order valence-corrected chi connectivity index (χ0v) is 15.4. The molecule has 2 aromatic heterocycles. The topological polar surface area (TPSA) is 103 Å². The van der Waals surface area contributed by atoms with E-state index >= 15 is 0 Å². The monoisotopic (exact) mass is 404 g/mol. The molecule has 0 spiro atoms. The Hall–Kier alpha value is -2.61. The van der Waals surface area contributed by atoms with E-state index in [-0.39, 0.29) is 17.8 Å². The van der Waals surface area contributed by atoms with E-state index in [2.05, 4.69) is 25.9 Å². The fourth-order valence-electron chi connectivity index (χ4n) is 2.79. The Bertz CT molecular complexity index is 951. The molecule has 0 fully saturated rings. The van der Waals surface area contributed by atoms with Crippen LogP contribution in [0.5, 0.6) is 5.88 Å². The molecule has 7 nitrogen and oxygen atoms in total. The number of nitrogens with two attached hydrogens (primary N) is 1. The van der Waals surface area contributed by atoms with Crippen LogP contribution in [0.15, 0.2) is 28.9 Å². The van der Waals surface area contributed by atoms with Gasteiger partial charge in [0.15, 0.2) is 0 Å². The Kier molecular flexibility index (Phi) is 4.63. The van der Waals surface area contributed by atoms with Crippen molar-refractivity contribution in [1.82, 2.24) is 14.5 Å². The summed E-state index contributed by atoms with van der Waals surface area (Å²) in [4.78, 5) is 19.5. The number of methoxy groups -OCH3 is 1. The first kappa shape index (κ1) is 17.2. The Morgan fingerprint density at radius 1 is 1.28 bits per heavy atom. The molecule has 2 heterocycles. The molecule has 0 aliphatic heterocycles. The fraction of sp³-hybridized carbons (Fsp3) is 0.235. The van der Waals surface area contributed by atoms with Crippen molar-refractivity contribution in [3.63, 3.8) is 0 Å². The number of aromatic nitrogens is 3. The van der Waals surface area contributed by atoms with Crippen molar-refractivity contribution in [3.05, 3.63) is 45.6 Å². The van der Waals surface area contributed by atoms with Gasteiger partial charge in [-0.2, -0.15) is 9.97 Å². The van der Waals surface area contributed by atoms with E-state index in [0.717, 1.165) is 22.2 Å². The summed E-state index contributed by atoms with van der Waals surface area (Å²) < 4.78 is 7.34. The summed E-state index contributed by atoms with van der Waals surface area (Å²) in [5.74, 6) is -0.453. The number of carbonyl (C=O) groups is 1. The maximum atomic E-state index is 11.5. The number of aromatic hydroxyl groups is 1. The minimum Gasteiger partial charge on any atom is -0.493 e. The van der Waals surface area contributed by atoms with E-state index < -0.39 is 0 Å². The number of nitrogen functional groups attached to an aromatic ring is 1. The van der Waals surface area contributed by atoms with Crippen LogP contribution in [0.1, 0.15) is 21.5 Å². The zero-order valence-electron chi connectivity index (χ0n) is 13.8. The Morgan fingerprint density at radius 2 is 1.96 bits per heavy atom. The summed E-state index contributed by atoms with van der Waals surface area (Å²) in [5, 5.41) is 10.8. The van der Waals surface area contributed by atoms with Crippen molar-refractivity contribution < 1.29 is 14.6 Å². The van der Waals surface area contributed by atoms with Crippen molar-refractivity contribution >= 4 is 38.9 Å².